The van der Waals surface area contributed by atoms with E-state index in [0.717, 1.165) is 11.1 Å². The van der Waals surface area contributed by atoms with Crippen LogP contribution in [0.1, 0.15) is 17.2 Å². The van der Waals surface area contributed by atoms with Gasteiger partial charge in [0, 0.05) is 10.9 Å². The van der Waals surface area contributed by atoms with Crippen LogP contribution >= 0.6 is 11.6 Å². The Hall–Kier alpha value is -1.23. The first-order valence-electron chi connectivity index (χ1n) is 6.27. The molecule has 20 heavy (non-hydrogen) atoms. The first-order chi connectivity index (χ1) is 9.58. The molecular formula is C15H13ClFNOS. The summed E-state index contributed by atoms with van der Waals surface area (Å²) in [6.07, 6.45) is 0.666. The molecule has 2 aromatic rings. The van der Waals surface area contributed by atoms with Gasteiger partial charge in [-0.3, -0.25) is 4.21 Å². The normalized spacial score (nSPS) is 22.6. The quantitative estimate of drug-likeness (QED) is 0.925. The van der Waals surface area contributed by atoms with Crippen molar-refractivity contribution in [2.45, 2.75) is 22.6 Å². The monoisotopic (exact) mass is 309 g/mol. The molecule has 0 radical (unpaired) electrons. The summed E-state index contributed by atoms with van der Waals surface area (Å²) < 4.78 is 25.8. The highest BCUT2D eigenvalue weighted by atomic mass is 35.5. The first-order valence-corrected chi connectivity index (χ1v) is 7.86. The Balaban J connectivity index is 1.91. The van der Waals surface area contributed by atoms with E-state index in [9.17, 15) is 8.60 Å². The van der Waals surface area contributed by atoms with Crippen LogP contribution in [0.5, 0.6) is 0 Å². The highest BCUT2D eigenvalue weighted by Crippen LogP contribution is 2.35. The molecule has 0 aromatic heterocycles. The second-order valence-electron chi connectivity index (χ2n) is 4.84. The molecule has 0 aliphatic heterocycles. The van der Waals surface area contributed by atoms with Gasteiger partial charge in [0.15, 0.2) is 0 Å². The van der Waals surface area contributed by atoms with Crippen LogP contribution in [0.4, 0.5) is 4.39 Å². The van der Waals surface area contributed by atoms with Crippen molar-refractivity contribution in [3.8, 4) is 0 Å². The van der Waals surface area contributed by atoms with Gasteiger partial charge in [-0.2, -0.15) is 0 Å². The Morgan fingerprint density at radius 2 is 2.00 bits per heavy atom. The molecule has 1 aliphatic carbocycles. The SMILES string of the molecule is NC1c2ccccc2CC1S(=O)c1ccc(F)c(Cl)c1. The number of nitrogens with two attached hydrogens (primary N) is 1. The van der Waals surface area contributed by atoms with Gasteiger partial charge in [0.25, 0.3) is 0 Å². The third kappa shape index (κ3) is 2.28. The van der Waals surface area contributed by atoms with E-state index in [2.05, 4.69) is 0 Å². The highest BCUT2D eigenvalue weighted by molar-refractivity contribution is 7.85. The number of rotatable bonds is 2. The average molecular weight is 310 g/mol. The third-order valence-corrected chi connectivity index (χ3v) is 5.65. The summed E-state index contributed by atoms with van der Waals surface area (Å²) in [6, 6.07) is 11.7. The molecule has 5 heteroatoms. The van der Waals surface area contributed by atoms with Crippen molar-refractivity contribution >= 4 is 22.4 Å². The largest absolute Gasteiger partial charge is 0.323 e. The minimum atomic E-state index is -1.31. The molecule has 0 spiro atoms. The average Bonchev–Trinajstić information content (AvgIpc) is 2.79. The molecule has 0 heterocycles. The number of hydrogen-bond acceptors (Lipinski definition) is 2. The summed E-state index contributed by atoms with van der Waals surface area (Å²) in [6.45, 7) is 0. The molecule has 2 aromatic carbocycles. The van der Waals surface area contributed by atoms with Crippen LogP contribution < -0.4 is 5.73 Å². The third-order valence-electron chi connectivity index (χ3n) is 3.63. The van der Waals surface area contributed by atoms with Gasteiger partial charge in [-0.05, 0) is 35.7 Å². The molecular weight excluding hydrogens is 297 g/mol. The molecule has 3 atom stereocenters. The maximum Gasteiger partial charge on any atom is 0.141 e. The van der Waals surface area contributed by atoms with Crippen LogP contribution in [0.25, 0.3) is 0 Å². The maximum atomic E-state index is 13.2. The van der Waals surface area contributed by atoms with Gasteiger partial charge in [0.1, 0.15) is 5.82 Å². The minimum absolute atomic E-state index is 0.0140. The zero-order chi connectivity index (χ0) is 14.3. The lowest BCUT2D eigenvalue weighted by Crippen LogP contribution is -2.26. The Kier molecular flexibility index (Phi) is 3.63. The molecule has 0 saturated heterocycles. The van der Waals surface area contributed by atoms with Gasteiger partial charge in [-0.25, -0.2) is 4.39 Å². The fourth-order valence-corrected chi connectivity index (χ4v) is 4.35. The summed E-state index contributed by atoms with van der Waals surface area (Å²) in [4.78, 5) is 0.518. The van der Waals surface area contributed by atoms with E-state index < -0.39 is 16.6 Å². The van der Waals surface area contributed by atoms with E-state index in [0.29, 0.717) is 11.3 Å². The van der Waals surface area contributed by atoms with Gasteiger partial charge >= 0.3 is 0 Å². The summed E-state index contributed by atoms with van der Waals surface area (Å²) >= 11 is 5.75. The minimum Gasteiger partial charge on any atom is -0.323 e. The van der Waals surface area contributed by atoms with Crippen molar-refractivity contribution in [1.82, 2.24) is 0 Å². The van der Waals surface area contributed by atoms with Gasteiger partial charge in [0.05, 0.1) is 21.1 Å². The van der Waals surface area contributed by atoms with Crippen LogP contribution in [-0.2, 0) is 17.2 Å². The Labute approximate surface area is 124 Å². The van der Waals surface area contributed by atoms with Gasteiger partial charge in [-0.1, -0.05) is 35.9 Å². The molecule has 3 rings (SSSR count). The van der Waals surface area contributed by atoms with Gasteiger partial charge < -0.3 is 5.73 Å². The molecule has 3 unspecified atom stereocenters. The predicted octanol–water partition coefficient (Wildman–Crippen LogP) is 3.21. The molecule has 104 valence electrons. The van der Waals surface area contributed by atoms with Crippen molar-refractivity contribution in [2.24, 2.45) is 5.73 Å². The van der Waals surface area contributed by atoms with E-state index >= 15 is 0 Å². The predicted molar refractivity (Wildman–Crippen MR) is 78.7 cm³/mol. The summed E-state index contributed by atoms with van der Waals surface area (Å²) in [7, 11) is -1.31. The lowest BCUT2D eigenvalue weighted by atomic mass is 10.1. The van der Waals surface area contributed by atoms with Crippen molar-refractivity contribution in [2.75, 3.05) is 0 Å². The van der Waals surface area contributed by atoms with Crippen molar-refractivity contribution in [3.63, 3.8) is 0 Å². The van der Waals surface area contributed by atoms with Crippen molar-refractivity contribution in [1.29, 1.82) is 0 Å². The van der Waals surface area contributed by atoms with Crippen LogP contribution in [0.2, 0.25) is 5.02 Å². The summed E-state index contributed by atoms with van der Waals surface area (Å²) in [5.74, 6) is -0.508. The Morgan fingerprint density at radius 1 is 1.25 bits per heavy atom. The smallest absolute Gasteiger partial charge is 0.141 e. The first kappa shape index (κ1) is 13.7. The number of benzene rings is 2. The second kappa shape index (κ2) is 5.28. The zero-order valence-electron chi connectivity index (χ0n) is 10.6. The Morgan fingerprint density at radius 3 is 2.70 bits per heavy atom. The van der Waals surface area contributed by atoms with E-state index in [4.69, 9.17) is 17.3 Å². The van der Waals surface area contributed by atoms with Gasteiger partial charge in [-0.15, -0.1) is 0 Å². The van der Waals surface area contributed by atoms with E-state index in [-0.39, 0.29) is 16.3 Å². The van der Waals surface area contributed by atoms with Crippen LogP contribution in [0, 0.1) is 5.82 Å². The molecule has 0 fully saturated rings. The maximum absolute atomic E-state index is 13.2. The van der Waals surface area contributed by atoms with Gasteiger partial charge in [0.2, 0.25) is 0 Å². The Bertz CT molecular complexity index is 691. The van der Waals surface area contributed by atoms with Crippen LogP contribution in [-0.4, -0.2) is 9.46 Å². The fourth-order valence-electron chi connectivity index (χ4n) is 2.57. The van der Waals surface area contributed by atoms with Crippen molar-refractivity contribution < 1.29 is 8.60 Å². The van der Waals surface area contributed by atoms with Crippen molar-refractivity contribution in [3.05, 3.63) is 64.4 Å². The van der Waals surface area contributed by atoms with E-state index in [1.54, 1.807) is 0 Å². The molecule has 0 amide bonds. The molecule has 2 N–H and O–H groups in total. The lowest BCUT2D eigenvalue weighted by Gasteiger charge is -2.16. The van der Waals surface area contributed by atoms with E-state index in [1.807, 2.05) is 24.3 Å². The molecule has 1 aliphatic rings. The topological polar surface area (TPSA) is 43.1 Å². The van der Waals surface area contributed by atoms with Crippen LogP contribution in [0.3, 0.4) is 0 Å². The summed E-state index contributed by atoms with van der Waals surface area (Å²) in [5, 5.41) is -0.214. The number of hydrogen-bond donors (Lipinski definition) is 1. The molecule has 0 bridgehead atoms. The zero-order valence-corrected chi connectivity index (χ0v) is 12.1. The number of fused-ring (bicyclic) bond motifs is 1. The summed E-state index contributed by atoms with van der Waals surface area (Å²) in [5.41, 5.74) is 8.37. The molecule has 2 nitrogen and oxygen atoms in total. The number of halogens is 2. The fraction of sp³-hybridized carbons (Fsp3) is 0.200. The standard InChI is InChI=1S/C15H13ClFNOS/c16-12-8-10(5-6-13(12)17)20(19)14-7-9-3-1-2-4-11(9)15(14)18/h1-6,8,14-15H,7,18H2. The van der Waals surface area contributed by atoms with Crippen LogP contribution in [0.15, 0.2) is 47.4 Å². The lowest BCUT2D eigenvalue weighted by molar-refractivity contribution is 0.625. The second-order valence-corrected chi connectivity index (χ2v) is 6.92. The van der Waals surface area contributed by atoms with E-state index in [1.165, 1.54) is 18.2 Å². The highest BCUT2D eigenvalue weighted by Gasteiger charge is 2.34. The molecule has 0 saturated carbocycles.